The molecule has 0 amide bonds. The highest BCUT2D eigenvalue weighted by Crippen LogP contribution is 2.37. The maximum atomic E-state index is 5.66. The van der Waals surface area contributed by atoms with Gasteiger partial charge < -0.3 is 10.6 Å². The molecule has 0 radical (unpaired) electrons. The molecule has 0 aliphatic heterocycles. The fourth-order valence-corrected chi connectivity index (χ4v) is 3.32. The number of aryl methyl sites for hydroxylation is 1. The van der Waals surface area contributed by atoms with E-state index in [-0.39, 0.29) is 0 Å². The third-order valence-corrected chi connectivity index (χ3v) is 5.00. The van der Waals surface area contributed by atoms with Crippen LogP contribution in [0.3, 0.4) is 0 Å². The second kappa shape index (κ2) is 6.17. The zero-order chi connectivity index (χ0) is 14.8. The zero-order valence-electron chi connectivity index (χ0n) is 13.6. The van der Waals surface area contributed by atoms with E-state index >= 15 is 0 Å². The molecule has 0 aromatic heterocycles. The average Bonchev–Trinajstić information content (AvgIpc) is 2.40. The smallest absolute Gasteiger partial charge is 0.0368 e. The second-order valence-electron chi connectivity index (χ2n) is 7.16. The number of nitrogens with zero attached hydrogens (tertiary/aromatic N) is 1. The van der Waals surface area contributed by atoms with Crippen LogP contribution in [0.25, 0.3) is 0 Å². The first kappa shape index (κ1) is 15.4. The van der Waals surface area contributed by atoms with Crippen LogP contribution in [0.5, 0.6) is 0 Å². The Morgan fingerprint density at radius 3 is 2.45 bits per heavy atom. The van der Waals surface area contributed by atoms with Gasteiger partial charge in [-0.1, -0.05) is 19.9 Å². The Balaban J connectivity index is 2.06. The lowest BCUT2D eigenvalue weighted by Crippen LogP contribution is -2.37. The van der Waals surface area contributed by atoms with Crippen LogP contribution in [0.4, 0.5) is 5.69 Å². The Kier molecular flexibility index (Phi) is 4.74. The van der Waals surface area contributed by atoms with Gasteiger partial charge in [0.2, 0.25) is 0 Å². The van der Waals surface area contributed by atoms with E-state index in [0.29, 0.717) is 11.5 Å². The Morgan fingerprint density at radius 2 is 1.90 bits per heavy atom. The van der Waals surface area contributed by atoms with Gasteiger partial charge in [0, 0.05) is 18.8 Å². The molecule has 2 N–H and O–H groups in total. The van der Waals surface area contributed by atoms with Gasteiger partial charge in [-0.2, -0.15) is 0 Å². The van der Waals surface area contributed by atoms with Gasteiger partial charge in [0.1, 0.15) is 0 Å². The molecule has 1 saturated carbocycles. The molecule has 2 nitrogen and oxygen atoms in total. The van der Waals surface area contributed by atoms with E-state index < -0.39 is 0 Å². The second-order valence-corrected chi connectivity index (χ2v) is 7.16. The summed E-state index contributed by atoms with van der Waals surface area (Å²) in [5.74, 6) is 0. The van der Waals surface area contributed by atoms with Crippen molar-refractivity contribution in [2.75, 3.05) is 18.5 Å². The summed E-state index contributed by atoms with van der Waals surface area (Å²) in [6.07, 6.45) is 6.28. The molecule has 2 rings (SSSR count). The summed E-state index contributed by atoms with van der Waals surface area (Å²) in [7, 11) is 2.25. The largest absolute Gasteiger partial charge is 0.372 e. The molecular formula is C18H30N2. The standard InChI is InChI=1S/C18H30N2/c1-14-13-17(6-5-15(14)9-12-19)20(4)16-7-10-18(2,3)11-8-16/h5-6,13,16H,7-12,19H2,1-4H3. The number of benzene rings is 1. The fourth-order valence-electron chi connectivity index (χ4n) is 3.32. The molecule has 1 fully saturated rings. The topological polar surface area (TPSA) is 29.3 Å². The van der Waals surface area contributed by atoms with Gasteiger partial charge in [-0.05, 0) is 74.2 Å². The van der Waals surface area contributed by atoms with Gasteiger partial charge in [0.25, 0.3) is 0 Å². The van der Waals surface area contributed by atoms with Crippen molar-refractivity contribution in [1.82, 2.24) is 0 Å². The van der Waals surface area contributed by atoms with Crippen LogP contribution in [-0.2, 0) is 6.42 Å². The molecule has 0 unspecified atom stereocenters. The maximum absolute atomic E-state index is 5.66. The van der Waals surface area contributed by atoms with Crippen molar-refractivity contribution in [3.8, 4) is 0 Å². The van der Waals surface area contributed by atoms with E-state index in [4.69, 9.17) is 5.73 Å². The van der Waals surface area contributed by atoms with E-state index in [2.05, 4.69) is 50.9 Å². The Bertz CT molecular complexity index is 441. The molecule has 1 aliphatic carbocycles. The number of hydrogen-bond donors (Lipinski definition) is 1. The third-order valence-electron chi connectivity index (χ3n) is 5.00. The van der Waals surface area contributed by atoms with Crippen LogP contribution in [-0.4, -0.2) is 19.6 Å². The summed E-state index contributed by atoms with van der Waals surface area (Å²) in [6.45, 7) is 7.73. The lowest BCUT2D eigenvalue weighted by Gasteiger charge is -2.39. The number of rotatable bonds is 4. The summed E-state index contributed by atoms with van der Waals surface area (Å²) in [5, 5.41) is 0. The van der Waals surface area contributed by atoms with E-state index in [1.54, 1.807) is 0 Å². The normalized spacial score (nSPS) is 19.1. The van der Waals surface area contributed by atoms with Crippen molar-refractivity contribution in [3.05, 3.63) is 29.3 Å². The van der Waals surface area contributed by atoms with E-state index in [9.17, 15) is 0 Å². The molecule has 2 heteroatoms. The number of nitrogens with two attached hydrogens (primary N) is 1. The van der Waals surface area contributed by atoms with Crippen molar-refractivity contribution in [2.24, 2.45) is 11.1 Å². The molecule has 1 aliphatic rings. The highest BCUT2D eigenvalue weighted by molar-refractivity contribution is 5.51. The Morgan fingerprint density at radius 1 is 1.25 bits per heavy atom. The Labute approximate surface area is 124 Å². The molecule has 0 atom stereocenters. The first-order valence-corrected chi connectivity index (χ1v) is 7.95. The minimum atomic E-state index is 0.540. The molecule has 0 bridgehead atoms. The van der Waals surface area contributed by atoms with Crippen LogP contribution in [0.1, 0.15) is 50.7 Å². The summed E-state index contributed by atoms with van der Waals surface area (Å²) in [6, 6.07) is 7.53. The zero-order valence-corrected chi connectivity index (χ0v) is 13.6. The summed E-state index contributed by atoms with van der Waals surface area (Å²) in [4.78, 5) is 2.48. The van der Waals surface area contributed by atoms with Gasteiger partial charge in [0.15, 0.2) is 0 Å². The lowest BCUT2D eigenvalue weighted by atomic mass is 9.75. The molecule has 0 saturated heterocycles. The lowest BCUT2D eigenvalue weighted by molar-refractivity contribution is 0.222. The van der Waals surface area contributed by atoms with Crippen molar-refractivity contribution >= 4 is 5.69 Å². The van der Waals surface area contributed by atoms with Crippen molar-refractivity contribution in [1.29, 1.82) is 0 Å². The summed E-state index contributed by atoms with van der Waals surface area (Å²) >= 11 is 0. The molecule has 0 heterocycles. The number of anilines is 1. The maximum Gasteiger partial charge on any atom is 0.0368 e. The van der Waals surface area contributed by atoms with Crippen molar-refractivity contribution in [2.45, 2.75) is 58.9 Å². The van der Waals surface area contributed by atoms with Crippen molar-refractivity contribution < 1.29 is 0 Å². The van der Waals surface area contributed by atoms with E-state index in [1.807, 2.05) is 0 Å². The molecule has 0 spiro atoms. The highest BCUT2D eigenvalue weighted by Gasteiger charge is 2.28. The molecule has 1 aromatic rings. The van der Waals surface area contributed by atoms with Crippen LogP contribution in [0.2, 0.25) is 0 Å². The van der Waals surface area contributed by atoms with Crippen LogP contribution >= 0.6 is 0 Å². The molecule has 20 heavy (non-hydrogen) atoms. The third kappa shape index (κ3) is 3.54. The summed E-state index contributed by atoms with van der Waals surface area (Å²) in [5.41, 5.74) is 10.3. The predicted octanol–water partition coefficient (Wildman–Crippen LogP) is 3.90. The molecule has 1 aromatic carbocycles. The van der Waals surface area contributed by atoms with E-state index in [1.165, 1.54) is 42.5 Å². The quantitative estimate of drug-likeness (QED) is 0.902. The van der Waals surface area contributed by atoms with Gasteiger partial charge in [-0.25, -0.2) is 0 Å². The van der Waals surface area contributed by atoms with Gasteiger partial charge in [-0.3, -0.25) is 0 Å². The van der Waals surface area contributed by atoms with Gasteiger partial charge >= 0.3 is 0 Å². The summed E-state index contributed by atoms with van der Waals surface area (Å²) < 4.78 is 0. The first-order chi connectivity index (χ1) is 9.43. The SMILES string of the molecule is Cc1cc(N(C)C2CCC(C)(C)CC2)ccc1CCN. The molecular weight excluding hydrogens is 244 g/mol. The minimum absolute atomic E-state index is 0.540. The van der Waals surface area contributed by atoms with Gasteiger partial charge in [-0.15, -0.1) is 0 Å². The average molecular weight is 274 g/mol. The van der Waals surface area contributed by atoms with E-state index in [0.717, 1.165) is 13.0 Å². The van der Waals surface area contributed by atoms with Crippen LogP contribution in [0, 0.1) is 12.3 Å². The van der Waals surface area contributed by atoms with Gasteiger partial charge in [0.05, 0.1) is 0 Å². The Hall–Kier alpha value is -1.02. The number of hydrogen-bond acceptors (Lipinski definition) is 2. The highest BCUT2D eigenvalue weighted by atomic mass is 15.1. The predicted molar refractivity (Wildman–Crippen MR) is 88.4 cm³/mol. The van der Waals surface area contributed by atoms with Crippen LogP contribution in [0.15, 0.2) is 18.2 Å². The van der Waals surface area contributed by atoms with Crippen molar-refractivity contribution in [3.63, 3.8) is 0 Å². The first-order valence-electron chi connectivity index (χ1n) is 7.95. The fraction of sp³-hybridized carbons (Fsp3) is 0.667. The minimum Gasteiger partial charge on any atom is -0.372 e. The molecule has 112 valence electrons. The monoisotopic (exact) mass is 274 g/mol. The van der Waals surface area contributed by atoms with Crippen LogP contribution < -0.4 is 10.6 Å².